The molecule has 128 valence electrons. The zero-order chi connectivity index (χ0) is 17.5. The third-order valence-electron chi connectivity index (χ3n) is 3.33. The van der Waals surface area contributed by atoms with Gasteiger partial charge in [-0.1, -0.05) is 11.6 Å². The number of hydrogen-bond acceptors (Lipinski definition) is 6. The van der Waals surface area contributed by atoms with Gasteiger partial charge in [0.15, 0.2) is 17.7 Å². The van der Waals surface area contributed by atoms with Gasteiger partial charge in [0.2, 0.25) is 0 Å². The average molecular weight is 352 g/mol. The van der Waals surface area contributed by atoms with Crippen LogP contribution in [0.15, 0.2) is 18.5 Å². The summed E-state index contributed by atoms with van der Waals surface area (Å²) in [5.41, 5.74) is 0.106. The molecule has 1 saturated heterocycles. The largest absolute Gasteiger partial charge is 0.493 e. The SMILES string of the molecule is COc1cc2ncnc(Cl)c2cc1OC1CN1C(=O)OC(C)(C)C. The van der Waals surface area contributed by atoms with Crippen molar-refractivity contribution in [2.45, 2.75) is 32.6 Å². The van der Waals surface area contributed by atoms with E-state index in [1.54, 1.807) is 12.1 Å². The molecule has 0 aliphatic carbocycles. The highest BCUT2D eigenvalue weighted by molar-refractivity contribution is 6.34. The van der Waals surface area contributed by atoms with E-state index in [0.717, 1.165) is 0 Å². The topological polar surface area (TPSA) is 73.6 Å². The zero-order valence-corrected chi connectivity index (χ0v) is 14.6. The number of carbonyl (C=O) groups excluding carboxylic acids is 1. The number of halogens is 1. The molecule has 1 aliphatic heterocycles. The van der Waals surface area contributed by atoms with Crippen LogP contribution in [-0.4, -0.2) is 46.4 Å². The number of fused-ring (bicyclic) bond motifs is 1. The first-order valence-electron chi connectivity index (χ1n) is 7.43. The van der Waals surface area contributed by atoms with E-state index in [-0.39, 0.29) is 0 Å². The molecule has 0 N–H and O–H groups in total. The van der Waals surface area contributed by atoms with Crippen molar-refractivity contribution in [2.24, 2.45) is 0 Å². The van der Waals surface area contributed by atoms with E-state index >= 15 is 0 Å². The molecule has 1 fully saturated rings. The molecule has 0 spiro atoms. The van der Waals surface area contributed by atoms with Gasteiger partial charge in [-0.3, -0.25) is 4.90 Å². The van der Waals surface area contributed by atoms with Crippen molar-refractivity contribution in [1.82, 2.24) is 14.9 Å². The minimum absolute atomic E-state index is 0.326. The molecule has 8 heteroatoms. The van der Waals surface area contributed by atoms with Gasteiger partial charge < -0.3 is 14.2 Å². The summed E-state index contributed by atoms with van der Waals surface area (Å²) in [7, 11) is 1.54. The fraction of sp³-hybridized carbons (Fsp3) is 0.438. The van der Waals surface area contributed by atoms with E-state index in [9.17, 15) is 4.79 Å². The standard InChI is InChI=1S/C16H18ClN3O4/c1-16(2,3)24-15(21)20-7-13(20)23-12-5-9-10(6-11(12)22-4)18-8-19-14(9)17/h5-6,8,13H,7H2,1-4H3. The summed E-state index contributed by atoms with van der Waals surface area (Å²) in [4.78, 5) is 21.6. The predicted molar refractivity (Wildman–Crippen MR) is 88.5 cm³/mol. The molecule has 24 heavy (non-hydrogen) atoms. The monoisotopic (exact) mass is 351 g/mol. The Kier molecular flexibility index (Phi) is 4.13. The van der Waals surface area contributed by atoms with Crippen molar-refractivity contribution in [1.29, 1.82) is 0 Å². The number of methoxy groups -OCH3 is 1. The Hall–Kier alpha value is -2.28. The van der Waals surface area contributed by atoms with E-state index in [1.807, 2.05) is 20.8 Å². The average Bonchev–Trinajstić information content (AvgIpc) is 3.25. The van der Waals surface area contributed by atoms with Crippen LogP contribution in [0.4, 0.5) is 4.79 Å². The predicted octanol–water partition coefficient (Wildman–Crippen LogP) is 3.25. The Morgan fingerprint density at radius 2 is 2.04 bits per heavy atom. The Morgan fingerprint density at radius 3 is 2.71 bits per heavy atom. The lowest BCUT2D eigenvalue weighted by Crippen LogP contribution is -2.28. The van der Waals surface area contributed by atoms with Crippen molar-refractivity contribution < 1.29 is 19.0 Å². The third-order valence-corrected chi connectivity index (χ3v) is 3.63. The molecular formula is C16H18ClN3O4. The second-order valence-electron chi connectivity index (χ2n) is 6.39. The Bertz CT molecular complexity index is 791. The highest BCUT2D eigenvalue weighted by Gasteiger charge is 2.43. The minimum Gasteiger partial charge on any atom is -0.493 e. The van der Waals surface area contributed by atoms with E-state index < -0.39 is 17.9 Å². The summed E-state index contributed by atoms with van der Waals surface area (Å²) in [6.45, 7) is 5.91. The quantitative estimate of drug-likeness (QED) is 0.624. The van der Waals surface area contributed by atoms with Gasteiger partial charge in [0, 0.05) is 11.5 Å². The summed E-state index contributed by atoms with van der Waals surface area (Å²) in [5, 5.41) is 0.978. The van der Waals surface area contributed by atoms with E-state index in [1.165, 1.54) is 18.3 Å². The van der Waals surface area contributed by atoms with Gasteiger partial charge >= 0.3 is 6.09 Å². The van der Waals surface area contributed by atoms with Crippen LogP contribution in [0, 0.1) is 0 Å². The van der Waals surface area contributed by atoms with Crippen LogP contribution in [0.2, 0.25) is 5.15 Å². The van der Waals surface area contributed by atoms with Crippen molar-refractivity contribution in [2.75, 3.05) is 13.7 Å². The van der Waals surface area contributed by atoms with Crippen LogP contribution in [0.1, 0.15) is 20.8 Å². The third kappa shape index (κ3) is 3.46. The Labute approximate surface area is 144 Å². The maximum atomic E-state index is 12.0. The van der Waals surface area contributed by atoms with Gasteiger partial charge in [0.05, 0.1) is 19.2 Å². The van der Waals surface area contributed by atoms with Crippen molar-refractivity contribution >= 4 is 28.6 Å². The Balaban J connectivity index is 1.79. The second-order valence-corrected chi connectivity index (χ2v) is 6.75. The summed E-state index contributed by atoms with van der Waals surface area (Å²) in [6, 6.07) is 3.43. The maximum absolute atomic E-state index is 12.0. The highest BCUT2D eigenvalue weighted by Crippen LogP contribution is 2.36. The molecule has 3 rings (SSSR count). The molecule has 2 aromatic rings. The number of hydrogen-bond donors (Lipinski definition) is 0. The van der Waals surface area contributed by atoms with Crippen LogP contribution >= 0.6 is 11.6 Å². The number of nitrogens with zero attached hydrogens (tertiary/aromatic N) is 3. The molecule has 2 heterocycles. The fourth-order valence-corrected chi connectivity index (χ4v) is 2.36. The smallest absolute Gasteiger partial charge is 0.413 e. The van der Waals surface area contributed by atoms with Gasteiger partial charge in [0.25, 0.3) is 0 Å². The first-order valence-corrected chi connectivity index (χ1v) is 7.81. The van der Waals surface area contributed by atoms with E-state index in [0.29, 0.717) is 34.1 Å². The molecule has 0 bridgehead atoms. The number of carbonyl (C=O) groups is 1. The van der Waals surface area contributed by atoms with Gasteiger partial charge in [-0.25, -0.2) is 14.8 Å². The first-order chi connectivity index (χ1) is 11.3. The highest BCUT2D eigenvalue weighted by atomic mass is 35.5. The Morgan fingerprint density at radius 1 is 1.29 bits per heavy atom. The summed E-state index contributed by atoms with van der Waals surface area (Å²) < 4.78 is 16.5. The number of amides is 1. The van der Waals surface area contributed by atoms with Crippen LogP contribution in [0.25, 0.3) is 10.9 Å². The lowest BCUT2D eigenvalue weighted by atomic mass is 10.2. The molecule has 1 atom stereocenters. The number of aromatic nitrogens is 2. The van der Waals surface area contributed by atoms with Gasteiger partial charge in [0.1, 0.15) is 17.1 Å². The van der Waals surface area contributed by atoms with E-state index in [2.05, 4.69) is 9.97 Å². The normalized spacial score (nSPS) is 16.9. The summed E-state index contributed by atoms with van der Waals surface area (Å²) in [5.74, 6) is 0.978. The van der Waals surface area contributed by atoms with Crippen LogP contribution in [-0.2, 0) is 4.74 Å². The number of ether oxygens (including phenoxy) is 3. The number of rotatable bonds is 3. The molecule has 0 saturated carbocycles. The van der Waals surface area contributed by atoms with Crippen molar-refractivity contribution in [3.63, 3.8) is 0 Å². The van der Waals surface area contributed by atoms with Gasteiger partial charge in [-0.05, 0) is 26.8 Å². The molecule has 1 aliphatic rings. The lowest BCUT2D eigenvalue weighted by molar-refractivity contribution is 0.0352. The molecular weight excluding hydrogens is 334 g/mol. The van der Waals surface area contributed by atoms with Gasteiger partial charge in [-0.2, -0.15) is 0 Å². The molecule has 1 aromatic heterocycles. The van der Waals surface area contributed by atoms with Crippen molar-refractivity contribution in [3.8, 4) is 11.5 Å². The molecule has 0 radical (unpaired) electrons. The fourth-order valence-electron chi connectivity index (χ4n) is 2.17. The summed E-state index contributed by atoms with van der Waals surface area (Å²) >= 11 is 6.10. The van der Waals surface area contributed by atoms with Crippen LogP contribution in [0.3, 0.4) is 0 Å². The van der Waals surface area contributed by atoms with Crippen LogP contribution < -0.4 is 9.47 Å². The number of benzene rings is 1. The molecule has 7 nitrogen and oxygen atoms in total. The second kappa shape index (κ2) is 5.98. The van der Waals surface area contributed by atoms with Gasteiger partial charge in [-0.15, -0.1) is 0 Å². The summed E-state index contributed by atoms with van der Waals surface area (Å²) in [6.07, 6.45) is 0.582. The van der Waals surface area contributed by atoms with Crippen molar-refractivity contribution in [3.05, 3.63) is 23.6 Å². The maximum Gasteiger partial charge on any atom is 0.413 e. The van der Waals surface area contributed by atoms with Crippen LogP contribution in [0.5, 0.6) is 11.5 Å². The molecule has 1 unspecified atom stereocenters. The first kappa shape index (κ1) is 16.6. The molecule has 1 amide bonds. The lowest BCUT2D eigenvalue weighted by Gasteiger charge is -2.20. The van der Waals surface area contributed by atoms with E-state index in [4.69, 9.17) is 25.8 Å². The zero-order valence-electron chi connectivity index (χ0n) is 13.9. The minimum atomic E-state index is -0.546. The molecule has 1 aromatic carbocycles.